The second-order valence-electron chi connectivity index (χ2n) is 5.56. The van der Waals surface area contributed by atoms with Crippen molar-refractivity contribution in [2.45, 2.75) is 57.1 Å². The Morgan fingerprint density at radius 2 is 2.05 bits per heavy atom. The topological polar surface area (TPSA) is 57.6 Å². The van der Waals surface area contributed by atoms with Crippen LogP contribution in [0.5, 0.6) is 0 Å². The summed E-state index contributed by atoms with van der Waals surface area (Å²) < 4.78 is 27.2. The van der Waals surface area contributed by atoms with E-state index in [1.807, 2.05) is 13.8 Å². The molecule has 0 amide bonds. The zero-order valence-corrected chi connectivity index (χ0v) is 13.0. The van der Waals surface area contributed by atoms with E-state index in [2.05, 4.69) is 0 Å². The zero-order valence-electron chi connectivity index (χ0n) is 12.2. The SMILES string of the molecule is Cc1ccc(S(=O)(=O)N2CCCCCC2C)cc1CO. The molecule has 1 aromatic carbocycles. The maximum absolute atomic E-state index is 12.8. The van der Waals surface area contributed by atoms with Crippen molar-refractivity contribution in [1.29, 1.82) is 0 Å². The van der Waals surface area contributed by atoms with Crippen LogP contribution in [0.2, 0.25) is 0 Å². The minimum atomic E-state index is -3.46. The smallest absolute Gasteiger partial charge is 0.243 e. The molecule has 0 bridgehead atoms. The van der Waals surface area contributed by atoms with E-state index in [0.29, 0.717) is 17.0 Å². The predicted molar refractivity (Wildman–Crippen MR) is 78.9 cm³/mol. The lowest BCUT2D eigenvalue weighted by Crippen LogP contribution is -2.38. The van der Waals surface area contributed by atoms with Gasteiger partial charge in [0.05, 0.1) is 11.5 Å². The van der Waals surface area contributed by atoms with E-state index >= 15 is 0 Å². The van der Waals surface area contributed by atoms with Crippen molar-refractivity contribution < 1.29 is 13.5 Å². The average molecular weight is 297 g/mol. The van der Waals surface area contributed by atoms with Gasteiger partial charge in [0, 0.05) is 12.6 Å². The van der Waals surface area contributed by atoms with E-state index < -0.39 is 10.0 Å². The molecule has 1 unspecified atom stereocenters. The van der Waals surface area contributed by atoms with Crippen LogP contribution in [0.25, 0.3) is 0 Å². The first-order valence-electron chi connectivity index (χ1n) is 7.19. The molecule has 1 aromatic rings. The van der Waals surface area contributed by atoms with Gasteiger partial charge in [0.15, 0.2) is 0 Å². The third-order valence-corrected chi connectivity index (χ3v) is 6.10. The lowest BCUT2D eigenvalue weighted by molar-refractivity contribution is 0.280. The number of hydrogen-bond acceptors (Lipinski definition) is 3. The highest BCUT2D eigenvalue weighted by Gasteiger charge is 2.30. The van der Waals surface area contributed by atoms with Gasteiger partial charge in [0.2, 0.25) is 10.0 Å². The average Bonchev–Trinajstić information content (AvgIpc) is 2.64. The number of sulfonamides is 1. The van der Waals surface area contributed by atoms with E-state index in [9.17, 15) is 13.5 Å². The molecule has 5 heteroatoms. The Labute approximate surface area is 121 Å². The summed E-state index contributed by atoms with van der Waals surface area (Å²) in [7, 11) is -3.46. The molecule has 1 heterocycles. The van der Waals surface area contributed by atoms with Crippen molar-refractivity contribution in [3.05, 3.63) is 29.3 Å². The zero-order chi connectivity index (χ0) is 14.8. The van der Waals surface area contributed by atoms with Gasteiger partial charge < -0.3 is 5.11 Å². The Balaban J connectivity index is 2.38. The van der Waals surface area contributed by atoms with Gasteiger partial charge in [-0.2, -0.15) is 4.31 Å². The lowest BCUT2D eigenvalue weighted by atomic mass is 10.1. The van der Waals surface area contributed by atoms with Gasteiger partial charge in [-0.1, -0.05) is 18.9 Å². The highest BCUT2D eigenvalue weighted by molar-refractivity contribution is 7.89. The summed E-state index contributed by atoms with van der Waals surface area (Å²) in [6.45, 7) is 4.30. The minimum Gasteiger partial charge on any atom is -0.392 e. The standard InChI is InChI=1S/C15H23NO3S/c1-12-7-8-15(10-14(12)11-17)20(18,19)16-9-5-3-4-6-13(16)2/h7-8,10,13,17H,3-6,9,11H2,1-2H3. The Kier molecular flexibility index (Phi) is 4.83. The van der Waals surface area contributed by atoms with E-state index in [4.69, 9.17) is 0 Å². The largest absolute Gasteiger partial charge is 0.392 e. The molecule has 1 saturated heterocycles. The van der Waals surface area contributed by atoms with E-state index in [0.717, 1.165) is 31.2 Å². The molecule has 0 radical (unpaired) electrons. The van der Waals surface area contributed by atoms with Crippen molar-refractivity contribution in [1.82, 2.24) is 4.31 Å². The first-order valence-corrected chi connectivity index (χ1v) is 8.63. The van der Waals surface area contributed by atoms with Crippen molar-refractivity contribution in [3.63, 3.8) is 0 Å². The van der Waals surface area contributed by atoms with Gasteiger partial charge in [0.1, 0.15) is 0 Å². The molecule has 1 aliphatic rings. The van der Waals surface area contributed by atoms with Crippen molar-refractivity contribution in [2.75, 3.05) is 6.54 Å². The van der Waals surface area contributed by atoms with Gasteiger partial charge in [-0.3, -0.25) is 0 Å². The molecule has 4 nitrogen and oxygen atoms in total. The Morgan fingerprint density at radius 1 is 1.30 bits per heavy atom. The van der Waals surface area contributed by atoms with Crippen LogP contribution < -0.4 is 0 Å². The number of nitrogens with zero attached hydrogens (tertiary/aromatic N) is 1. The molecule has 112 valence electrons. The lowest BCUT2D eigenvalue weighted by Gasteiger charge is -2.26. The second kappa shape index (κ2) is 6.24. The number of rotatable bonds is 3. The fraction of sp³-hybridized carbons (Fsp3) is 0.600. The Hall–Kier alpha value is -0.910. The fourth-order valence-electron chi connectivity index (χ4n) is 2.72. The van der Waals surface area contributed by atoms with Crippen molar-refractivity contribution in [2.24, 2.45) is 0 Å². The number of benzene rings is 1. The molecule has 0 spiro atoms. The van der Waals surface area contributed by atoms with Crippen molar-refractivity contribution in [3.8, 4) is 0 Å². The summed E-state index contributed by atoms with van der Waals surface area (Å²) in [6, 6.07) is 5.05. The van der Waals surface area contributed by atoms with Crippen molar-refractivity contribution >= 4 is 10.0 Å². The molecule has 1 atom stereocenters. The fourth-order valence-corrected chi connectivity index (χ4v) is 4.47. The Bertz CT molecular complexity index is 568. The normalized spacial score (nSPS) is 21.6. The molecule has 0 saturated carbocycles. The van der Waals surface area contributed by atoms with E-state index in [-0.39, 0.29) is 12.6 Å². The maximum atomic E-state index is 12.8. The molecule has 1 N–H and O–H groups in total. The van der Waals surface area contributed by atoms with Crippen LogP contribution in [0.1, 0.15) is 43.7 Å². The third-order valence-electron chi connectivity index (χ3n) is 4.09. The van der Waals surface area contributed by atoms with Crippen LogP contribution in [-0.4, -0.2) is 30.4 Å². The van der Waals surface area contributed by atoms with Crippen LogP contribution in [0.3, 0.4) is 0 Å². The summed E-state index contributed by atoms with van der Waals surface area (Å²) >= 11 is 0. The summed E-state index contributed by atoms with van der Waals surface area (Å²) in [5, 5.41) is 9.31. The first kappa shape index (κ1) is 15.5. The highest BCUT2D eigenvalue weighted by Crippen LogP contribution is 2.25. The van der Waals surface area contributed by atoms with Crippen LogP contribution >= 0.6 is 0 Å². The maximum Gasteiger partial charge on any atom is 0.243 e. The van der Waals surface area contributed by atoms with E-state index in [1.165, 1.54) is 0 Å². The van der Waals surface area contributed by atoms with E-state index in [1.54, 1.807) is 22.5 Å². The molecular formula is C15H23NO3S. The van der Waals surface area contributed by atoms with Crippen LogP contribution in [-0.2, 0) is 16.6 Å². The van der Waals surface area contributed by atoms with Gasteiger partial charge in [-0.25, -0.2) is 8.42 Å². The number of hydrogen-bond donors (Lipinski definition) is 1. The third kappa shape index (κ3) is 3.05. The van der Waals surface area contributed by atoms with Crippen LogP contribution in [0.15, 0.2) is 23.1 Å². The molecule has 2 rings (SSSR count). The molecule has 1 fully saturated rings. The summed E-state index contributed by atoms with van der Waals surface area (Å²) in [5.41, 5.74) is 1.59. The predicted octanol–water partition coefficient (Wildman–Crippen LogP) is 2.44. The summed E-state index contributed by atoms with van der Waals surface area (Å²) in [6.07, 6.45) is 4.01. The molecule has 0 aliphatic carbocycles. The highest BCUT2D eigenvalue weighted by atomic mass is 32.2. The van der Waals surface area contributed by atoms with Gasteiger partial charge >= 0.3 is 0 Å². The number of aliphatic hydroxyl groups is 1. The van der Waals surface area contributed by atoms with Gasteiger partial charge in [-0.15, -0.1) is 0 Å². The first-order chi connectivity index (χ1) is 9.46. The quantitative estimate of drug-likeness (QED) is 0.932. The molecule has 20 heavy (non-hydrogen) atoms. The van der Waals surface area contributed by atoms with Gasteiger partial charge in [-0.05, 0) is 49.9 Å². The molecule has 1 aliphatic heterocycles. The monoisotopic (exact) mass is 297 g/mol. The van der Waals surface area contributed by atoms with Crippen LogP contribution in [0, 0.1) is 6.92 Å². The van der Waals surface area contributed by atoms with Gasteiger partial charge in [0.25, 0.3) is 0 Å². The number of aryl methyl sites for hydroxylation is 1. The summed E-state index contributed by atoms with van der Waals surface area (Å²) in [5.74, 6) is 0. The molecule has 0 aromatic heterocycles. The van der Waals surface area contributed by atoms with Crippen LogP contribution in [0.4, 0.5) is 0 Å². The number of aliphatic hydroxyl groups excluding tert-OH is 1. The minimum absolute atomic E-state index is 0.0429. The Morgan fingerprint density at radius 3 is 2.75 bits per heavy atom. The second-order valence-corrected chi connectivity index (χ2v) is 7.45. The summed E-state index contributed by atoms with van der Waals surface area (Å²) in [4.78, 5) is 0.292. The molecular weight excluding hydrogens is 274 g/mol.